The van der Waals surface area contributed by atoms with E-state index in [2.05, 4.69) is 15.2 Å². The molecule has 1 unspecified atom stereocenters. The summed E-state index contributed by atoms with van der Waals surface area (Å²) in [6.07, 6.45) is 0. The lowest BCUT2D eigenvalue weighted by Crippen LogP contribution is -2.31. The summed E-state index contributed by atoms with van der Waals surface area (Å²) in [5.41, 5.74) is 0.898. The molecule has 178 valence electrons. The minimum absolute atomic E-state index is 0.0844. The van der Waals surface area contributed by atoms with E-state index in [1.807, 2.05) is 0 Å². The number of methoxy groups -OCH3 is 3. The lowest BCUT2D eigenvalue weighted by atomic mass is 9.94. The fourth-order valence-electron chi connectivity index (χ4n) is 3.86. The van der Waals surface area contributed by atoms with Crippen molar-refractivity contribution in [3.63, 3.8) is 0 Å². The number of aromatic nitrogens is 3. The molecular weight excluding hydrogens is 480 g/mol. The molecule has 0 fully saturated rings. The van der Waals surface area contributed by atoms with Gasteiger partial charge >= 0.3 is 0 Å². The van der Waals surface area contributed by atoms with Crippen LogP contribution in [-0.2, 0) is 4.79 Å². The van der Waals surface area contributed by atoms with Crippen LogP contribution in [0.4, 0.5) is 5.13 Å². The minimum atomic E-state index is -1.01. The Morgan fingerprint density at radius 2 is 1.65 bits per heavy atom. The Bertz CT molecular complexity index is 1300. The van der Waals surface area contributed by atoms with Crippen molar-refractivity contribution in [1.82, 2.24) is 15.2 Å². The molecule has 1 aliphatic rings. The molecule has 0 aliphatic carbocycles. The topological polar surface area (TPSA) is 124 Å². The second-order valence-electron chi connectivity index (χ2n) is 7.38. The molecule has 10 nitrogen and oxygen atoms in total. The van der Waals surface area contributed by atoms with Gasteiger partial charge in [-0.25, -0.2) is 4.98 Å². The number of hydrogen-bond donors (Lipinski definition) is 1. The number of carbonyl (C=O) groups is 2. The molecule has 3 heterocycles. The normalized spacial score (nSPS) is 15.8. The summed E-state index contributed by atoms with van der Waals surface area (Å²) in [7, 11) is 4.41. The first-order valence-electron chi connectivity index (χ1n) is 10.1. The Morgan fingerprint density at radius 1 is 1.00 bits per heavy atom. The van der Waals surface area contributed by atoms with Crippen LogP contribution in [-0.4, -0.2) is 53.3 Å². The standard InChI is InChI=1S/C22H22N4O6S2/c1-9-20(33-10(2)23-9)17(27)15-16(12-7-13(30-4)19(32-6)14(8-12)31-5)26(21(29)18(15)28)22-25-24-11(3)34-22/h7-8,16,28H,1-6H3. The average Bonchev–Trinajstić information content (AvgIpc) is 3.47. The second-order valence-corrected chi connectivity index (χ2v) is 9.74. The number of amides is 1. The van der Waals surface area contributed by atoms with E-state index >= 15 is 0 Å². The first-order valence-corrected chi connectivity index (χ1v) is 11.7. The fraction of sp³-hybridized carbons (Fsp3) is 0.318. The number of nitrogens with zero attached hydrogens (tertiary/aromatic N) is 4. The highest BCUT2D eigenvalue weighted by Crippen LogP contribution is 2.47. The van der Waals surface area contributed by atoms with Crippen LogP contribution in [0.3, 0.4) is 0 Å². The third-order valence-corrected chi connectivity index (χ3v) is 7.20. The molecule has 0 saturated carbocycles. The first kappa shape index (κ1) is 23.6. The number of ether oxygens (including phenoxy) is 3. The van der Waals surface area contributed by atoms with Crippen LogP contribution >= 0.6 is 22.7 Å². The predicted molar refractivity (Wildman–Crippen MR) is 127 cm³/mol. The highest BCUT2D eigenvalue weighted by atomic mass is 32.1. The average molecular weight is 503 g/mol. The summed E-state index contributed by atoms with van der Waals surface area (Å²) < 4.78 is 16.4. The molecule has 1 aliphatic heterocycles. The van der Waals surface area contributed by atoms with Gasteiger partial charge < -0.3 is 19.3 Å². The Balaban J connectivity index is 1.96. The number of anilines is 1. The molecular formula is C22H22N4O6S2. The first-order chi connectivity index (χ1) is 16.2. The Labute approximate surface area is 203 Å². The van der Waals surface area contributed by atoms with Gasteiger partial charge in [-0.2, -0.15) is 0 Å². The van der Waals surface area contributed by atoms with Crippen LogP contribution in [0, 0.1) is 20.8 Å². The van der Waals surface area contributed by atoms with Crippen molar-refractivity contribution in [3.8, 4) is 17.2 Å². The van der Waals surface area contributed by atoms with Gasteiger partial charge in [0, 0.05) is 0 Å². The van der Waals surface area contributed by atoms with Crippen molar-refractivity contribution in [3.05, 3.63) is 49.6 Å². The molecule has 0 spiro atoms. The molecule has 1 atom stereocenters. The summed E-state index contributed by atoms with van der Waals surface area (Å²) in [5.74, 6) is -0.872. The van der Waals surface area contributed by atoms with Crippen molar-refractivity contribution in [2.75, 3.05) is 26.2 Å². The van der Waals surface area contributed by atoms with Crippen LogP contribution in [0.1, 0.15) is 37.0 Å². The summed E-state index contributed by atoms with van der Waals surface area (Å²) in [6.45, 7) is 5.25. The smallest absolute Gasteiger partial charge is 0.296 e. The van der Waals surface area contributed by atoms with Crippen molar-refractivity contribution in [2.45, 2.75) is 26.8 Å². The van der Waals surface area contributed by atoms with Gasteiger partial charge in [-0.1, -0.05) is 11.3 Å². The van der Waals surface area contributed by atoms with Gasteiger partial charge in [0.1, 0.15) is 5.01 Å². The van der Waals surface area contributed by atoms with E-state index < -0.39 is 23.5 Å². The molecule has 12 heteroatoms. The van der Waals surface area contributed by atoms with E-state index in [-0.39, 0.29) is 10.7 Å². The predicted octanol–water partition coefficient (Wildman–Crippen LogP) is 3.73. The summed E-state index contributed by atoms with van der Waals surface area (Å²) >= 11 is 2.37. The number of ketones is 1. The van der Waals surface area contributed by atoms with Gasteiger partial charge in [-0.15, -0.1) is 21.5 Å². The molecule has 1 N–H and O–H groups in total. The van der Waals surface area contributed by atoms with Crippen molar-refractivity contribution >= 4 is 39.5 Å². The molecule has 3 aromatic rings. The number of aliphatic hydroxyl groups excluding tert-OH is 1. The Hall–Kier alpha value is -3.51. The van der Waals surface area contributed by atoms with Crippen LogP contribution in [0.2, 0.25) is 0 Å². The molecule has 0 saturated heterocycles. The Kier molecular flexibility index (Phi) is 6.28. The zero-order chi connectivity index (χ0) is 24.7. The number of rotatable bonds is 7. The maximum atomic E-state index is 13.7. The maximum absolute atomic E-state index is 13.7. The van der Waals surface area contributed by atoms with Gasteiger partial charge in [0.2, 0.25) is 16.7 Å². The monoisotopic (exact) mass is 502 g/mol. The van der Waals surface area contributed by atoms with E-state index in [1.165, 1.54) is 48.9 Å². The second kappa shape index (κ2) is 9.03. The molecule has 0 bridgehead atoms. The minimum Gasteiger partial charge on any atom is -0.503 e. The van der Waals surface area contributed by atoms with E-state index in [0.29, 0.717) is 43.4 Å². The lowest BCUT2D eigenvalue weighted by Gasteiger charge is -2.25. The molecule has 1 aromatic carbocycles. The van der Waals surface area contributed by atoms with Gasteiger partial charge in [-0.3, -0.25) is 14.5 Å². The summed E-state index contributed by atoms with van der Waals surface area (Å²) in [5, 5.41) is 20.6. The van der Waals surface area contributed by atoms with E-state index in [1.54, 1.807) is 32.9 Å². The van der Waals surface area contributed by atoms with Crippen LogP contribution in [0.15, 0.2) is 23.5 Å². The maximum Gasteiger partial charge on any atom is 0.296 e. The largest absolute Gasteiger partial charge is 0.503 e. The van der Waals surface area contributed by atoms with Crippen molar-refractivity contribution in [2.24, 2.45) is 0 Å². The van der Waals surface area contributed by atoms with Gasteiger partial charge in [0.05, 0.1) is 48.5 Å². The zero-order valence-electron chi connectivity index (χ0n) is 19.3. The van der Waals surface area contributed by atoms with Gasteiger partial charge in [0.25, 0.3) is 5.91 Å². The van der Waals surface area contributed by atoms with Crippen LogP contribution < -0.4 is 19.1 Å². The number of Topliss-reactive ketones (excluding diaryl/α,β-unsaturated/α-hetero) is 1. The van der Waals surface area contributed by atoms with Crippen molar-refractivity contribution in [1.29, 1.82) is 0 Å². The molecule has 4 rings (SSSR count). The highest BCUT2D eigenvalue weighted by Gasteiger charge is 2.47. The Morgan fingerprint density at radius 3 is 2.12 bits per heavy atom. The van der Waals surface area contributed by atoms with E-state index in [4.69, 9.17) is 14.2 Å². The van der Waals surface area contributed by atoms with Gasteiger partial charge in [0.15, 0.2) is 17.3 Å². The van der Waals surface area contributed by atoms with Gasteiger partial charge in [-0.05, 0) is 38.5 Å². The van der Waals surface area contributed by atoms with Crippen LogP contribution in [0.25, 0.3) is 0 Å². The zero-order valence-corrected chi connectivity index (χ0v) is 21.0. The third-order valence-electron chi connectivity index (χ3n) is 5.29. The SMILES string of the molecule is COc1cc(C2C(C(=O)c3sc(C)nc3C)=C(O)C(=O)N2c2nnc(C)s2)cc(OC)c1OC. The molecule has 2 aromatic heterocycles. The number of thiazole rings is 1. The molecule has 0 radical (unpaired) electrons. The van der Waals surface area contributed by atoms with E-state index in [9.17, 15) is 14.7 Å². The molecule has 34 heavy (non-hydrogen) atoms. The van der Waals surface area contributed by atoms with Crippen LogP contribution in [0.5, 0.6) is 17.2 Å². The van der Waals surface area contributed by atoms with Crippen molar-refractivity contribution < 1.29 is 28.9 Å². The van der Waals surface area contributed by atoms with E-state index in [0.717, 1.165) is 0 Å². The number of carbonyl (C=O) groups excluding carboxylic acids is 2. The summed E-state index contributed by atoms with van der Waals surface area (Å²) in [4.78, 5) is 32.9. The highest BCUT2D eigenvalue weighted by molar-refractivity contribution is 7.15. The lowest BCUT2D eigenvalue weighted by molar-refractivity contribution is -0.117. The quantitative estimate of drug-likeness (QED) is 0.481. The number of hydrogen-bond acceptors (Lipinski definition) is 11. The fourth-order valence-corrected chi connectivity index (χ4v) is 5.45. The number of benzene rings is 1. The number of aliphatic hydroxyl groups is 1. The molecule has 1 amide bonds. The summed E-state index contributed by atoms with van der Waals surface area (Å²) in [6, 6.07) is 2.26. The number of aryl methyl sites for hydroxylation is 3. The third kappa shape index (κ3) is 3.78.